The maximum atomic E-state index is 10.8. The summed E-state index contributed by atoms with van der Waals surface area (Å²) in [6, 6.07) is 5.59. The lowest BCUT2D eigenvalue weighted by Crippen LogP contribution is -2.11. The van der Waals surface area contributed by atoms with E-state index in [1.807, 2.05) is 25.1 Å². The molecule has 0 bridgehead atoms. The number of aryl methyl sites for hydroxylation is 1. The zero-order valence-electron chi connectivity index (χ0n) is 8.19. The van der Waals surface area contributed by atoms with Crippen molar-refractivity contribution in [1.29, 1.82) is 0 Å². The van der Waals surface area contributed by atoms with Crippen LogP contribution in [0.4, 0.5) is 0 Å². The van der Waals surface area contributed by atoms with E-state index in [2.05, 4.69) is 15.0 Å². The standard InChI is InChI=1S/C10H10N4O/c1-6-3-2-4-7(13-6)10-12-5-8(14-10)9(11)15/h2-5H,1H3,(H2,11,15)(H,12,14). The molecule has 0 aliphatic carbocycles. The number of primary amides is 1. The number of aromatic amines is 1. The molecule has 0 aliphatic rings. The Morgan fingerprint density at radius 2 is 2.27 bits per heavy atom. The number of imidazole rings is 1. The molecule has 0 radical (unpaired) electrons. The molecule has 0 aromatic carbocycles. The molecule has 15 heavy (non-hydrogen) atoms. The van der Waals surface area contributed by atoms with Gasteiger partial charge in [0.2, 0.25) is 0 Å². The fourth-order valence-electron chi connectivity index (χ4n) is 1.25. The molecule has 3 N–H and O–H groups in total. The summed E-state index contributed by atoms with van der Waals surface area (Å²) in [6.07, 6.45) is 1.40. The average molecular weight is 202 g/mol. The molecule has 2 aromatic heterocycles. The van der Waals surface area contributed by atoms with E-state index in [0.717, 1.165) is 5.69 Å². The minimum atomic E-state index is -0.526. The van der Waals surface area contributed by atoms with Crippen LogP contribution in [0.2, 0.25) is 0 Å². The second-order valence-corrected chi connectivity index (χ2v) is 3.17. The van der Waals surface area contributed by atoms with Crippen LogP contribution < -0.4 is 5.73 Å². The van der Waals surface area contributed by atoms with Crippen molar-refractivity contribution in [2.45, 2.75) is 6.92 Å². The van der Waals surface area contributed by atoms with Crippen molar-refractivity contribution in [2.24, 2.45) is 5.73 Å². The molecular formula is C10H10N4O. The summed E-state index contributed by atoms with van der Waals surface area (Å²) in [7, 11) is 0. The Hall–Kier alpha value is -2.17. The van der Waals surface area contributed by atoms with E-state index >= 15 is 0 Å². The lowest BCUT2D eigenvalue weighted by Gasteiger charge is -1.96. The van der Waals surface area contributed by atoms with Crippen molar-refractivity contribution in [3.8, 4) is 11.5 Å². The van der Waals surface area contributed by atoms with E-state index in [4.69, 9.17) is 5.73 Å². The summed E-state index contributed by atoms with van der Waals surface area (Å²) in [5.41, 5.74) is 6.98. The second kappa shape index (κ2) is 3.53. The molecule has 5 heteroatoms. The van der Waals surface area contributed by atoms with E-state index in [1.54, 1.807) is 0 Å². The number of H-pyrrole nitrogens is 1. The van der Waals surface area contributed by atoms with Gasteiger partial charge in [0.25, 0.3) is 5.91 Å². The van der Waals surface area contributed by atoms with Gasteiger partial charge in [-0.2, -0.15) is 0 Å². The highest BCUT2D eigenvalue weighted by atomic mass is 16.1. The van der Waals surface area contributed by atoms with Crippen molar-refractivity contribution in [3.63, 3.8) is 0 Å². The number of nitrogens with two attached hydrogens (primary N) is 1. The molecule has 0 unspecified atom stereocenters. The predicted octanol–water partition coefficient (Wildman–Crippen LogP) is 0.879. The molecule has 2 heterocycles. The van der Waals surface area contributed by atoms with Gasteiger partial charge in [0.05, 0.1) is 6.20 Å². The largest absolute Gasteiger partial charge is 0.364 e. The van der Waals surface area contributed by atoms with Gasteiger partial charge in [-0.15, -0.1) is 0 Å². The Labute approximate surface area is 86.4 Å². The number of nitrogens with zero attached hydrogens (tertiary/aromatic N) is 2. The lowest BCUT2D eigenvalue weighted by atomic mass is 10.3. The van der Waals surface area contributed by atoms with Crippen molar-refractivity contribution in [2.75, 3.05) is 0 Å². The van der Waals surface area contributed by atoms with Gasteiger partial charge in [-0.3, -0.25) is 4.79 Å². The summed E-state index contributed by atoms with van der Waals surface area (Å²) in [6.45, 7) is 1.89. The zero-order chi connectivity index (χ0) is 10.8. The molecule has 0 atom stereocenters. The van der Waals surface area contributed by atoms with Gasteiger partial charge in [0, 0.05) is 5.69 Å². The van der Waals surface area contributed by atoms with Crippen LogP contribution in [0.5, 0.6) is 0 Å². The topological polar surface area (TPSA) is 84.7 Å². The number of rotatable bonds is 2. The highest BCUT2D eigenvalue weighted by molar-refractivity contribution is 5.91. The van der Waals surface area contributed by atoms with Gasteiger partial charge in [-0.1, -0.05) is 6.07 Å². The number of hydrogen-bond acceptors (Lipinski definition) is 3. The lowest BCUT2D eigenvalue weighted by molar-refractivity contribution is 0.0996. The van der Waals surface area contributed by atoms with Crippen LogP contribution in [0.3, 0.4) is 0 Å². The highest BCUT2D eigenvalue weighted by Gasteiger charge is 2.07. The van der Waals surface area contributed by atoms with Gasteiger partial charge >= 0.3 is 0 Å². The van der Waals surface area contributed by atoms with E-state index in [9.17, 15) is 4.79 Å². The number of aromatic nitrogens is 3. The zero-order valence-corrected chi connectivity index (χ0v) is 8.19. The van der Waals surface area contributed by atoms with Crippen LogP contribution in [0.25, 0.3) is 11.5 Å². The SMILES string of the molecule is Cc1cccc(-c2ncc(C(N)=O)[nH]2)n1. The number of carbonyl (C=O) groups is 1. The van der Waals surface area contributed by atoms with Crippen LogP contribution in [0.1, 0.15) is 16.2 Å². The molecule has 0 saturated heterocycles. The fourth-order valence-corrected chi connectivity index (χ4v) is 1.25. The van der Waals surface area contributed by atoms with Crippen molar-refractivity contribution in [3.05, 3.63) is 35.8 Å². The highest BCUT2D eigenvalue weighted by Crippen LogP contribution is 2.12. The normalized spacial score (nSPS) is 10.2. The Kier molecular flexibility index (Phi) is 2.21. The predicted molar refractivity (Wildman–Crippen MR) is 55.1 cm³/mol. The van der Waals surface area contributed by atoms with Gasteiger partial charge < -0.3 is 10.7 Å². The third kappa shape index (κ3) is 1.85. The molecular weight excluding hydrogens is 192 g/mol. The van der Waals surface area contributed by atoms with Crippen molar-refractivity contribution >= 4 is 5.91 Å². The molecule has 0 fully saturated rings. The number of amides is 1. The minimum absolute atomic E-state index is 0.285. The van der Waals surface area contributed by atoms with E-state index in [0.29, 0.717) is 11.5 Å². The number of hydrogen-bond donors (Lipinski definition) is 2. The summed E-state index contributed by atoms with van der Waals surface area (Å²) in [4.78, 5) is 22.0. The van der Waals surface area contributed by atoms with E-state index < -0.39 is 5.91 Å². The first-order chi connectivity index (χ1) is 7.16. The second-order valence-electron chi connectivity index (χ2n) is 3.17. The molecule has 2 rings (SSSR count). The molecule has 2 aromatic rings. The van der Waals surface area contributed by atoms with Crippen LogP contribution >= 0.6 is 0 Å². The molecule has 0 saturated carbocycles. The number of pyridine rings is 1. The van der Waals surface area contributed by atoms with Crippen molar-refractivity contribution in [1.82, 2.24) is 15.0 Å². The first-order valence-corrected chi connectivity index (χ1v) is 4.45. The third-order valence-electron chi connectivity index (χ3n) is 1.97. The number of carbonyl (C=O) groups excluding carboxylic acids is 1. The smallest absolute Gasteiger partial charge is 0.266 e. The summed E-state index contributed by atoms with van der Waals surface area (Å²) in [5, 5.41) is 0. The Bertz CT molecular complexity index is 504. The minimum Gasteiger partial charge on any atom is -0.364 e. The van der Waals surface area contributed by atoms with Crippen LogP contribution in [0, 0.1) is 6.92 Å². The quantitative estimate of drug-likeness (QED) is 0.758. The third-order valence-corrected chi connectivity index (χ3v) is 1.97. The van der Waals surface area contributed by atoms with Crippen LogP contribution in [0.15, 0.2) is 24.4 Å². The van der Waals surface area contributed by atoms with Gasteiger partial charge in [0.1, 0.15) is 11.4 Å². The summed E-state index contributed by atoms with van der Waals surface area (Å²) < 4.78 is 0. The maximum absolute atomic E-state index is 10.8. The van der Waals surface area contributed by atoms with Gasteiger partial charge in [-0.05, 0) is 19.1 Å². The van der Waals surface area contributed by atoms with Crippen LogP contribution in [-0.2, 0) is 0 Å². The fraction of sp³-hybridized carbons (Fsp3) is 0.100. The maximum Gasteiger partial charge on any atom is 0.266 e. The van der Waals surface area contributed by atoms with E-state index in [-0.39, 0.29) is 5.69 Å². The summed E-state index contributed by atoms with van der Waals surface area (Å²) >= 11 is 0. The molecule has 5 nitrogen and oxygen atoms in total. The molecule has 0 aliphatic heterocycles. The monoisotopic (exact) mass is 202 g/mol. The van der Waals surface area contributed by atoms with Gasteiger partial charge in [-0.25, -0.2) is 9.97 Å². The summed E-state index contributed by atoms with van der Waals surface area (Å²) in [5.74, 6) is 0.0221. The number of nitrogens with one attached hydrogen (secondary N) is 1. The Balaban J connectivity index is 2.41. The first kappa shape index (κ1) is 9.39. The Morgan fingerprint density at radius 3 is 2.87 bits per heavy atom. The molecule has 1 amide bonds. The van der Waals surface area contributed by atoms with Gasteiger partial charge in [0.15, 0.2) is 5.82 Å². The first-order valence-electron chi connectivity index (χ1n) is 4.45. The Morgan fingerprint density at radius 1 is 1.47 bits per heavy atom. The average Bonchev–Trinajstić information content (AvgIpc) is 2.66. The van der Waals surface area contributed by atoms with Crippen LogP contribution in [-0.4, -0.2) is 20.9 Å². The van der Waals surface area contributed by atoms with Crippen molar-refractivity contribution < 1.29 is 4.79 Å². The molecule has 0 spiro atoms. The molecule has 76 valence electrons. The van der Waals surface area contributed by atoms with E-state index in [1.165, 1.54) is 6.20 Å².